The number of rotatable bonds is 12. The predicted octanol–water partition coefficient (Wildman–Crippen LogP) is 2.40. The number of benzene rings is 1. The van der Waals surface area contributed by atoms with Crippen LogP contribution in [0.1, 0.15) is 25.3 Å². The minimum Gasteiger partial charge on any atom is -0.395 e. The summed E-state index contributed by atoms with van der Waals surface area (Å²) in [6.07, 6.45) is 1.70. The van der Waals surface area contributed by atoms with Gasteiger partial charge in [0.25, 0.3) is 0 Å². The van der Waals surface area contributed by atoms with Crippen molar-refractivity contribution in [1.82, 2.24) is 0 Å². The van der Waals surface area contributed by atoms with Crippen LogP contribution in [0.2, 0.25) is 0 Å². The molecule has 0 spiro atoms. The highest BCUT2D eigenvalue weighted by Gasteiger charge is 2.29. The Bertz CT molecular complexity index is 349. The SMILES string of the molecule is CCC(CO)(CCOCCOCCOC)c1ccccc1. The highest BCUT2D eigenvalue weighted by molar-refractivity contribution is 5.25. The van der Waals surface area contributed by atoms with Crippen molar-refractivity contribution in [2.75, 3.05) is 46.8 Å². The molecule has 1 N–H and O–H groups in total. The van der Waals surface area contributed by atoms with Crippen LogP contribution in [0.3, 0.4) is 0 Å². The first-order valence-electron chi connectivity index (χ1n) is 7.60. The summed E-state index contributed by atoms with van der Waals surface area (Å²) in [6.45, 7) is 5.22. The van der Waals surface area contributed by atoms with E-state index in [-0.39, 0.29) is 12.0 Å². The van der Waals surface area contributed by atoms with Gasteiger partial charge in [-0.1, -0.05) is 37.3 Å². The predicted molar refractivity (Wildman–Crippen MR) is 83.6 cm³/mol. The zero-order valence-corrected chi connectivity index (χ0v) is 13.2. The highest BCUT2D eigenvalue weighted by atomic mass is 16.5. The van der Waals surface area contributed by atoms with Crippen molar-refractivity contribution in [2.45, 2.75) is 25.2 Å². The van der Waals surface area contributed by atoms with Gasteiger partial charge >= 0.3 is 0 Å². The first-order valence-corrected chi connectivity index (χ1v) is 7.60. The lowest BCUT2D eigenvalue weighted by atomic mass is 9.76. The lowest BCUT2D eigenvalue weighted by molar-refractivity contribution is 0.0175. The zero-order chi connectivity index (χ0) is 15.4. The second kappa shape index (κ2) is 10.7. The van der Waals surface area contributed by atoms with Gasteiger partial charge in [-0.15, -0.1) is 0 Å². The molecule has 0 aliphatic heterocycles. The summed E-state index contributed by atoms with van der Waals surface area (Å²) < 4.78 is 15.9. The van der Waals surface area contributed by atoms with Gasteiger partial charge in [-0.2, -0.15) is 0 Å². The van der Waals surface area contributed by atoms with Crippen LogP contribution in [0.4, 0.5) is 0 Å². The second-order valence-corrected chi connectivity index (χ2v) is 5.13. The van der Waals surface area contributed by atoms with E-state index in [4.69, 9.17) is 14.2 Å². The highest BCUT2D eigenvalue weighted by Crippen LogP contribution is 2.31. The van der Waals surface area contributed by atoms with E-state index in [1.165, 1.54) is 5.56 Å². The summed E-state index contributed by atoms with van der Waals surface area (Å²) in [5.41, 5.74) is 0.966. The van der Waals surface area contributed by atoms with Crippen LogP contribution >= 0.6 is 0 Å². The van der Waals surface area contributed by atoms with Crippen LogP contribution in [0, 0.1) is 0 Å². The fourth-order valence-electron chi connectivity index (χ4n) is 2.33. The maximum atomic E-state index is 9.84. The Balaban J connectivity index is 2.32. The lowest BCUT2D eigenvalue weighted by Crippen LogP contribution is -2.31. The molecule has 0 fully saturated rings. The second-order valence-electron chi connectivity index (χ2n) is 5.13. The van der Waals surface area contributed by atoms with Crippen LogP contribution in [-0.4, -0.2) is 51.9 Å². The first kappa shape index (κ1) is 18.1. The molecule has 0 saturated carbocycles. The van der Waals surface area contributed by atoms with Gasteiger partial charge in [0.2, 0.25) is 0 Å². The third-order valence-corrected chi connectivity index (χ3v) is 3.89. The quantitative estimate of drug-likeness (QED) is 0.602. The molecule has 0 heterocycles. The fourth-order valence-corrected chi connectivity index (χ4v) is 2.33. The van der Waals surface area contributed by atoms with Gasteiger partial charge in [0, 0.05) is 19.1 Å². The number of aliphatic hydroxyl groups excluding tert-OH is 1. The molecule has 21 heavy (non-hydrogen) atoms. The van der Waals surface area contributed by atoms with Gasteiger partial charge in [-0.25, -0.2) is 0 Å². The molecule has 1 atom stereocenters. The standard InChI is InChI=1S/C17H28O4/c1-3-17(15-18,16-7-5-4-6-8-16)9-10-20-13-14-21-12-11-19-2/h4-8,18H,3,9-15H2,1-2H3. The summed E-state index contributed by atoms with van der Waals surface area (Å²) in [6, 6.07) is 10.2. The van der Waals surface area contributed by atoms with Gasteiger partial charge in [0.05, 0.1) is 33.0 Å². The van der Waals surface area contributed by atoms with Gasteiger partial charge < -0.3 is 19.3 Å². The van der Waals surface area contributed by atoms with Crippen molar-refractivity contribution < 1.29 is 19.3 Å². The molecule has 1 rings (SSSR count). The molecule has 0 aliphatic carbocycles. The van der Waals surface area contributed by atoms with E-state index in [9.17, 15) is 5.11 Å². The van der Waals surface area contributed by atoms with E-state index in [0.29, 0.717) is 33.0 Å². The normalized spacial score (nSPS) is 14.0. The zero-order valence-electron chi connectivity index (χ0n) is 13.2. The minimum absolute atomic E-state index is 0.140. The number of aliphatic hydroxyl groups is 1. The fraction of sp³-hybridized carbons (Fsp3) is 0.647. The molecule has 0 aliphatic rings. The van der Waals surface area contributed by atoms with Crippen molar-refractivity contribution in [2.24, 2.45) is 0 Å². The lowest BCUT2D eigenvalue weighted by Gasteiger charge is -2.31. The van der Waals surface area contributed by atoms with E-state index >= 15 is 0 Å². The number of hydrogen-bond acceptors (Lipinski definition) is 4. The molecule has 0 radical (unpaired) electrons. The van der Waals surface area contributed by atoms with Crippen LogP contribution in [-0.2, 0) is 19.6 Å². The molecule has 0 bridgehead atoms. The van der Waals surface area contributed by atoms with Crippen molar-refractivity contribution >= 4 is 0 Å². The molecule has 4 heteroatoms. The number of ether oxygens (including phenoxy) is 3. The van der Waals surface area contributed by atoms with Crippen molar-refractivity contribution in [3.05, 3.63) is 35.9 Å². The van der Waals surface area contributed by atoms with Crippen molar-refractivity contribution in [3.8, 4) is 0 Å². The van der Waals surface area contributed by atoms with Crippen molar-refractivity contribution in [3.63, 3.8) is 0 Å². The molecule has 1 unspecified atom stereocenters. The summed E-state index contributed by atoms with van der Waals surface area (Å²) in [7, 11) is 1.66. The molecular weight excluding hydrogens is 268 g/mol. The Labute approximate surface area is 128 Å². The Kier molecular flexibility index (Phi) is 9.26. The first-order chi connectivity index (χ1) is 10.3. The maximum Gasteiger partial charge on any atom is 0.0701 e. The third-order valence-electron chi connectivity index (χ3n) is 3.89. The van der Waals surface area contributed by atoms with Gasteiger partial charge in [0.1, 0.15) is 0 Å². The van der Waals surface area contributed by atoms with Crippen molar-refractivity contribution in [1.29, 1.82) is 0 Å². The van der Waals surface area contributed by atoms with E-state index in [1.807, 2.05) is 18.2 Å². The molecule has 1 aromatic rings. The summed E-state index contributed by atoms with van der Waals surface area (Å²) in [4.78, 5) is 0. The summed E-state index contributed by atoms with van der Waals surface area (Å²) >= 11 is 0. The molecule has 120 valence electrons. The smallest absolute Gasteiger partial charge is 0.0701 e. The molecule has 1 aromatic carbocycles. The van der Waals surface area contributed by atoms with Gasteiger partial charge in [-0.05, 0) is 18.4 Å². The van der Waals surface area contributed by atoms with E-state index in [2.05, 4.69) is 19.1 Å². The molecule has 0 amide bonds. The summed E-state index contributed by atoms with van der Waals surface area (Å²) in [5, 5.41) is 9.84. The third kappa shape index (κ3) is 6.14. The average Bonchev–Trinajstić information content (AvgIpc) is 2.55. The Morgan fingerprint density at radius 1 is 0.952 bits per heavy atom. The maximum absolute atomic E-state index is 9.84. The monoisotopic (exact) mass is 296 g/mol. The Hall–Kier alpha value is -0.940. The van der Waals surface area contributed by atoms with E-state index in [0.717, 1.165) is 12.8 Å². The molecule has 4 nitrogen and oxygen atoms in total. The van der Waals surface area contributed by atoms with E-state index < -0.39 is 0 Å². The molecular formula is C17H28O4. The Morgan fingerprint density at radius 3 is 2.14 bits per heavy atom. The largest absolute Gasteiger partial charge is 0.395 e. The summed E-state index contributed by atoms with van der Waals surface area (Å²) in [5.74, 6) is 0. The van der Waals surface area contributed by atoms with Crippen LogP contribution in [0.5, 0.6) is 0 Å². The van der Waals surface area contributed by atoms with Crippen LogP contribution in [0.15, 0.2) is 30.3 Å². The van der Waals surface area contributed by atoms with E-state index in [1.54, 1.807) is 7.11 Å². The van der Waals surface area contributed by atoms with Gasteiger partial charge in [-0.3, -0.25) is 0 Å². The topological polar surface area (TPSA) is 47.9 Å². The Morgan fingerprint density at radius 2 is 1.57 bits per heavy atom. The minimum atomic E-state index is -0.210. The average molecular weight is 296 g/mol. The van der Waals surface area contributed by atoms with Crippen LogP contribution in [0.25, 0.3) is 0 Å². The number of hydrogen-bond donors (Lipinski definition) is 1. The molecule has 0 aromatic heterocycles. The number of methoxy groups -OCH3 is 1. The van der Waals surface area contributed by atoms with Crippen LogP contribution < -0.4 is 0 Å². The van der Waals surface area contributed by atoms with Gasteiger partial charge in [0.15, 0.2) is 0 Å². The molecule has 0 saturated heterocycles.